The average Bonchev–Trinajstić information content (AvgIpc) is 2.27. The summed E-state index contributed by atoms with van der Waals surface area (Å²) in [4.78, 5) is 10.8. The second-order valence-corrected chi connectivity index (χ2v) is 4.85. The van der Waals surface area contributed by atoms with Gasteiger partial charge in [0.25, 0.3) is 0 Å². The molecule has 1 aliphatic rings. The Bertz CT molecular complexity index is 351. The van der Waals surface area contributed by atoms with Gasteiger partial charge < -0.3 is 16.0 Å². The molecule has 0 spiro atoms. The Morgan fingerprint density at radius 2 is 2.12 bits per heavy atom. The second kappa shape index (κ2) is 5.31. The number of hydrogen-bond donors (Lipinski definition) is 2. The molecule has 1 aliphatic heterocycles. The molecule has 0 atom stereocenters. The fourth-order valence-corrected chi connectivity index (χ4v) is 2.20. The van der Waals surface area contributed by atoms with Crippen molar-refractivity contribution in [2.24, 2.45) is 5.92 Å². The molecule has 3 N–H and O–H groups in total. The molecule has 0 aromatic carbocycles. The van der Waals surface area contributed by atoms with Crippen LogP contribution in [0, 0.1) is 12.8 Å². The van der Waals surface area contributed by atoms with Crippen LogP contribution in [-0.4, -0.2) is 41.5 Å². The Morgan fingerprint density at radius 1 is 1.41 bits per heavy atom. The van der Waals surface area contributed by atoms with Crippen LogP contribution in [0.15, 0.2) is 6.07 Å². The first-order valence-corrected chi connectivity index (χ1v) is 6.17. The number of nitrogens with two attached hydrogens (primary N) is 1. The van der Waals surface area contributed by atoms with E-state index in [2.05, 4.69) is 27.2 Å². The van der Waals surface area contributed by atoms with Gasteiger partial charge in [0.1, 0.15) is 17.5 Å². The third-order valence-electron chi connectivity index (χ3n) is 3.27. The monoisotopic (exact) mass is 235 g/mol. The highest BCUT2D eigenvalue weighted by atomic mass is 15.1. The van der Waals surface area contributed by atoms with Crippen LogP contribution < -0.4 is 11.1 Å². The van der Waals surface area contributed by atoms with Crippen molar-refractivity contribution in [3.63, 3.8) is 0 Å². The summed E-state index contributed by atoms with van der Waals surface area (Å²) < 4.78 is 0. The van der Waals surface area contributed by atoms with Crippen LogP contribution in [0.1, 0.15) is 18.7 Å². The number of anilines is 2. The number of nitrogen functional groups attached to an aromatic ring is 1. The molecular formula is C12H21N5. The lowest BCUT2D eigenvalue weighted by Gasteiger charge is -2.29. The molecule has 5 nitrogen and oxygen atoms in total. The van der Waals surface area contributed by atoms with Gasteiger partial charge in [0, 0.05) is 12.6 Å². The van der Waals surface area contributed by atoms with E-state index in [9.17, 15) is 0 Å². The van der Waals surface area contributed by atoms with Crippen molar-refractivity contribution in [3.8, 4) is 0 Å². The van der Waals surface area contributed by atoms with Gasteiger partial charge >= 0.3 is 0 Å². The summed E-state index contributed by atoms with van der Waals surface area (Å²) in [5.74, 6) is 2.83. The van der Waals surface area contributed by atoms with Gasteiger partial charge in [-0.1, -0.05) is 0 Å². The molecule has 0 radical (unpaired) electrons. The van der Waals surface area contributed by atoms with Crippen LogP contribution in [0.3, 0.4) is 0 Å². The quantitative estimate of drug-likeness (QED) is 0.822. The van der Waals surface area contributed by atoms with Crippen molar-refractivity contribution in [1.82, 2.24) is 14.9 Å². The first-order valence-electron chi connectivity index (χ1n) is 6.17. The summed E-state index contributed by atoms with van der Waals surface area (Å²) in [6, 6.07) is 1.79. The number of nitrogens with one attached hydrogen (secondary N) is 1. The Hall–Kier alpha value is -1.36. The van der Waals surface area contributed by atoms with Gasteiger partial charge in [-0.25, -0.2) is 9.97 Å². The predicted molar refractivity (Wildman–Crippen MR) is 69.9 cm³/mol. The average molecular weight is 235 g/mol. The molecule has 0 unspecified atom stereocenters. The van der Waals surface area contributed by atoms with Gasteiger partial charge in [-0.2, -0.15) is 0 Å². The Balaban J connectivity index is 1.85. The van der Waals surface area contributed by atoms with Gasteiger partial charge in [0.2, 0.25) is 0 Å². The van der Waals surface area contributed by atoms with Crippen LogP contribution in [0.2, 0.25) is 0 Å². The molecule has 17 heavy (non-hydrogen) atoms. The molecule has 0 bridgehead atoms. The maximum absolute atomic E-state index is 5.69. The van der Waals surface area contributed by atoms with Crippen LogP contribution in [-0.2, 0) is 0 Å². The topological polar surface area (TPSA) is 67.1 Å². The minimum Gasteiger partial charge on any atom is -0.384 e. The standard InChI is InChI=1S/C12H21N5/c1-9-15-11(13)7-12(16-9)14-8-10-3-5-17(2)6-4-10/h7,10H,3-6,8H2,1-2H3,(H3,13,14,15,16). The summed E-state index contributed by atoms with van der Waals surface area (Å²) in [7, 11) is 2.18. The molecule has 0 amide bonds. The summed E-state index contributed by atoms with van der Waals surface area (Å²) >= 11 is 0. The van der Waals surface area contributed by atoms with E-state index in [-0.39, 0.29) is 0 Å². The Kier molecular flexibility index (Phi) is 3.78. The number of aromatic nitrogens is 2. The predicted octanol–water partition coefficient (Wildman–Crippen LogP) is 1.12. The Labute approximate surface area is 102 Å². The number of hydrogen-bond acceptors (Lipinski definition) is 5. The largest absolute Gasteiger partial charge is 0.384 e. The molecule has 5 heteroatoms. The Morgan fingerprint density at radius 3 is 2.76 bits per heavy atom. The zero-order valence-corrected chi connectivity index (χ0v) is 10.6. The maximum atomic E-state index is 5.69. The number of aryl methyl sites for hydroxylation is 1. The molecule has 1 aromatic heterocycles. The minimum absolute atomic E-state index is 0.531. The number of piperidine rings is 1. The first kappa shape index (κ1) is 12.1. The zero-order valence-electron chi connectivity index (χ0n) is 10.6. The second-order valence-electron chi connectivity index (χ2n) is 4.85. The van der Waals surface area contributed by atoms with E-state index in [1.54, 1.807) is 6.07 Å². The summed E-state index contributed by atoms with van der Waals surface area (Å²) in [5.41, 5.74) is 5.69. The zero-order chi connectivity index (χ0) is 12.3. The van der Waals surface area contributed by atoms with Crippen molar-refractivity contribution in [3.05, 3.63) is 11.9 Å². The molecule has 2 rings (SSSR count). The van der Waals surface area contributed by atoms with Crippen molar-refractivity contribution < 1.29 is 0 Å². The SMILES string of the molecule is Cc1nc(N)cc(NCC2CCN(C)CC2)n1. The summed E-state index contributed by atoms with van der Waals surface area (Å²) in [6.07, 6.45) is 2.51. The fourth-order valence-electron chi connectivity index (χ4n) is 2.20. The van der Waals surface area contributed by atoms with Crippen molar-refractivity contribution in [1.29, 1.82) is 0 Å². The first-order chi connectivity index (χ1) is 8.13. The molecule has 1 aromatic rings. The van der Waals surface area contributed by atoms with Gasteiger partial charge in [-0.3, -0.25) is 0 Å². The number of nitrogens with zero attached hydrogens (tertiary/aromatic N) is 3. The van der Waals surface area contributed by atoms with Crippen LogP contribution in [0.4, 0.5) is 11.6 Å². The smallest absolute Gasteiger partial charge is 0.131 e. The van der Waals surface area contributed by atoms with Gasteiger partial charge in [0.05, 0.1) is 0 Å². The summed E-state index contributed by atoms with van der Waals surface area (Å²) in [6.45, 7) is 5.22. The van der Waals surface area contributed by atoms with E-state index in [1.807, 2.05) is 6.92 Å². The van der Waals surface area contributed by atoms with E-state index in [0.717, 1.165) is 24.1 Å². The fraction of sp³-hybridized carbons (Fsp3) is 0.667. The van der Waals surface area contributed by atoms with E-state index in [0.29, 0.717) is 5.82 Å². The molecular weight excluding hydrogens is 214 g/mol. The normalized spacial score (nSPS) is 18.2. The molecule has 94 valence electrons. The number of rotatable bonds is 3. The highest BCUT2D eigenvalue weighted by molar-refractivity contribution is 5.44. The third kappa shape index (κ3) is 3.56. The minimum atomic E-state index is 0.531. The van der Waals surface area contributed by atoms with Crippen LogP contribution in [0.5, 0.6) is 0 Å². The highest BCUT2D eigenvalue weighted by Gasteiger charge is 2.16. The number of likely N-dealkylation sites (tertiary alicyclic amines) is 1. The van der Waals surface area contributed by atoms with Crippen LogP contribution >= 0.6 is 0 Å². The van der Waals surface area contributed by atoms with Crippen molar-refractivity contribution in [2.45, 2.75) is 19.8 Å². The van der Waals surface area contributed by atoms with Gasteiger partial charge in [-0.15, -0.1) is 0 Å². The van der Waals surface area contributed by atoms with Crippen LogP contribution in [0.25, 0.3) is 0 Å². The molecule has 0 saturated carbocycles. The van der Waals surface area contributed by atoms with E-state index >= 15 is 0 Å². The van der Waals surface area contributed by atoms with E-state index < -0.39 is 0 Å². The lowest BCUT2D eigenvalue weighted by Crippen LogP contribution is -2.33. The third-order valence-corrected chi connectivity index (χ3v) is 3.27. The lowest BCUT2D eigenvalue weighted by atomic mass is 9.97. The van der Waals surface area contributed by atoms with E-state index in [1.165, 1.54) is 25.9 Å². The van der Waals surface area contributed by atoms with Gasteiger partial charge in [0.15, 0.2) is 0 Å². The van der Waals surface area contributed by atoms with Crippen molar-refractivity contribution in [2.75, 3.05) is 37.7 Å². The summed E-state index contributed by atoms with van der Waals surface area (Å²) in [5, 5.41) is 3.36. The van der Waals surface area contributed by atoms with Gasteiger partial charge in [-0.05, 0) is 45.8 Å². The molecule has 2 heterocycles. The highest BCUT2D eigenvalue weighted by Crippen LogP contribution is 2.17. The lowest BCUT2D eigenvalue weighted by molar-refractivity contribution is 0.226. The molecule has 0 aliphatic carbocycles. The van der Waals surface area contributed by atoms with Crippen molar-refractivity contribution >= 4 is 11.6 Å². The molecule has 1 saturated heterocycles. The molecule has 1 fully saturated rings. The maximum Gasteiger partial charge on any atom is 0.131 e. The van der Waals surface area contributed by atoms with E-state index in [4.69, 9.17) is 5.73 Å².